The molecule has 2 rings (SSSR count). The summed E-state index contributed by atoms with van der Waals surface area (Å²) in [4.78, 5) is 16.7. The van der Waals surface area contributed by atoms with Crippen molar-refractivity contribution in [3.05, 3.63) is 29.8 Å². The Morgan fingerprint density at radius 3 is 2.70 bits per heavy atom. The molecule has 4 nitrogen and oxygen atoms in total. The topological polar surface area (TPSA) is 48.4 Å². The minimum Gasteiger partial charge on any atom is -0.494 e. The highest BCUT2D eigenvalue weighted by molar-refractivity contribution is 8.00. The van der Waals surface area contributed by atoms with Gasteiger partial charge in [0.25, 0.3) is 0 Å². The lowest BCUT2D eigenvalue weighted by molar-refractivity contribution is -0.143. The zero-order valence-electron chi connectivity index (χ0n) is 14.3. The fourth-order valence-electron chi connectivity index (χ4n) is 2.18. The summed E-state index contributed by atoms with van der Waals surface area (Å²) in [5.74, 6) is 0.868. The molecule has 5 heteroatoms. The fourth-order valence-corrected chi connectivity index (χ4v) is 3.10. The molecule has 1 aromatic heterocycles. The average molecular weight is 333 g/mol. The van der Waals surface area contributed by atoms with E-state index in [0.29, 0.717) is 12.5 Å². The lowest BCUT2D eigenvalue weighted by Crippen LogP contribution is -2.19. The third kappa shape index (κ3) is 4.38. The number of carbonyl (C=O) groups excluding carboxylic acids is 1. The second kappa shape index (κ2) is 7.68. The van der Waals surface area contributed by atoms with Crippen molar-refractivity contribution in [1.29, 1.82) is 0 Å². The van der Waals surface area contributed by atoms with Gasteiger partial charge in [-0.1, -0.05) is 37.7 Å². The van der Waals surface area contributed by atoms with Crippen molar-refractivity contribution in [1.82, 2.24) is 4.98 Å². The summed E-state index contributed by atoms with van der Waals surface area (Å²) in [6.07, 6.45) is 0. The quantitative estimate of drug-likeness (QED) is 0.585. The smallest absolute Gasteiger partial charge is 0.319 e. The van der Waals surface area contributed by atoms with E-state index in [1.54, 1.807) is 7.11 Å². The molecule has 0 fully saturated rings. The molecule has 1 aromatic carbocycles. The first-order valence-corrected chi connectivity index (χ1v) is 8.58. The molecule has 0 aliphatic rings. The molecule has 0 N–H and O–H groups in total. The van der Waals surface area contributed by atoms with E-state index in [1.807, 2.05) is 52.0 Å². The van der Waals surface area contributed by atoms with Crippen LogP contribution in [0.4, 0.5) is 0 Å². The van der Waals surface area contributed by atoms with Crippen molar-refractivity contribution in [2.75, 3.05) is 13.7 Å². The van der Waals surface area contributed by atoms with E-state index in [1.165, 1.54) is 11.8 Å². The van der Waals surface area contributed by atoms with Gasteiger partial charge in [0, 0.05) is 5.39 Å². The first-order chi connectivity index (χ1) is 10.9. The summed E-state index contributed by atoms with van der Waals surface area (Å²) in [6.45, 7) is 8.37. The number of nitrogens with zero attached hydrogens (tertiary/aromatic N) is 1. The van der Waals surface area contributed by atoms with Crippen molar-refractivity contribution in [3.8, 4) is 5.75 Å². The Morgan fingerprint density at radius 2 is 2.04 bits per heavy atom. The van der Waals surface area contributed by atoms with E-state index >= 15 is 0 Å². The minimum atomic E-state index is -0.298. The van der Waals surface area contributed by atoms with Gasteiger partial charge in [0.1, 0.15) is 16.5 Å². The Bertz CT molecular complexity index is 700. The van der Waals surface area contributed by atoms with Gasteiger partial charge in [-0.15, -0.1) is 0 Å². The standard InChI is InChI=1S/C18H23NO3S/c1-11(2)10-22-18(20)13(4)23-16-9-12(3)14-7-6-8-15(21-5)17(14)19-16/h6-9,11,13H,10H2,1-5H3. The summed E-state index contributed by atoms with van der Waals surface area (Å²) in [5.41, 5.74) is 1.93. The van der Waals surface area contributed by atoms with Gasteiger partial charge in [0.05, 0.1) is 18.7 Å². The van der Waals surface area contributed by atoms with Crippen LogP contribution in [0, 0.1) is 12.8 Å². The molecule has 0 saturated heterocycles. The lowest BCUT2D eigenvalue weighted by Gasteiger charge is -2.14. The Labute approximate surface area is 141 Å². The van der Waals surface area contributed by atoms with Gasteiger partial charge in [0.2, 0.25) is 0 Å². The van der Waals surface area contributed by atoms with E-state index in [2.05, 4.69) is 4.98 Å². The number of pyridine rings is 1. The van der Waals surface area contributed by atoms with Crippen LogP contribution in [0.2, 0.25) is 0 Å². The number of hydrogen-bond acceptors (Lipinski definition) is 5. The molecule has 0 aliphatic carbocycles. The summed E-state index contributed by atoms with van der Waals surface area (Å²) in [6, 6.07) is 7.87. The molecule has 0 radical (unpaired) electrons. The number of rotatable bonds is 6. The summed E-state index contributed by atoms with van der Waals surface area (Å²) >= 11 is 1.41. The molecule has 0 spiro atoms. The van der Waals surface area contributed by atoms with Gasteiger partial charge in [-0.2, -0.15) is 0 Å². The minimum absolute atomic E-state index is 0.205. The predicted octanol–water partition coefficient (Wildman–Crippen LogP) is 4.23. The summed E-state index contributed by atoms with van der Waals surface area (Å²) in [7, 11) is 1.64. The van der Waals surface area contributed by atoms with Crippen LogP contribution in [-0.4, -0.2) is 29.9 Å². The summed E-state index contributed by atoms with van der Waals surface area (Å²) in [5, 5.41) is 1.56. The van der Waals surface area contributed by atoms with Crippen LogP contribution in [0.3, 0.4) is 0 Å². The number of aryl methyl sites for hydroxylation is 1. The zero-order chi connectivity index (χ0) is 17.0. The molecule has 0 amide bonds. The van der Waals surface area contributed by atoms with Crippen molar-refractivity contribution >= 4 is 28.6 Å². The number of para-hydroxylation sites is 1. The van der Waals surface area contributed by atoms with Crippen LogP contribution in [0.15, 0.2) is 29.3 Å². The zero-order valence-corrected chi connectivity index (χ0v) is 15.1. The number of aromatic nitrogens is 1. The van der Waals surface area contributed by atoms with Gasteiger partial charge in [-0.05, 0) is 37.5 Å². The monoisotopic (exact) mass is 333 g/mol. The van der Waals surface area contributed by atoms with Crippen LogP contribution in [0.25, 0.3) is 10.9 Å². The second-order valence-corrected chi connectivity index (χ2v) is 7.28. The normalized spacial score (nSPS) is 12.4. The van der Waals surface area contributed by atoms with E-state index in [-0.39, 0.29) is 11.2 Å². The van der Waals surface area contributed by atoms with Gasteiger partial charge in [0.15, 0.2) is 0 Å². The third-order valence-electron chi connectivity index (χ3n) is 3.39. The van der Waals surface area contributed by atoms with Crippen LogP contribution >= 0.6 is 11.8 Å². The maximum atomic E-state index is 12.0. The van der Waals surface area contributed by atoms with Crippen LogP contribution in [-0.2, 0) is 9.53 Å². The van der Waals surface area contributed by atoms with Crippen LogP contribution in [0.1, 0.15) is 26.3 Å². The van der Waals surface area contributed by atoms with Gasteiger partial charge in [-0.3, -0.25) is 4.79 Å². The molecule has 2 aromatic rings. The second-order valence-electron chi connectivity index (χ2n) is 5.92. The highest BCUT2D eigenvalue weighted by atomic mass is 32.2. The Balaban J connectivity index is 2.21. The predicted molar refractivity (Wildman–Crippen MR) is 94.1 cm³/mol. The van der Waals surface area contributed by atoms with Gasteiger partial charge < -0.3 is 9.47 Å². The van der Waals surface area contributed by atoms with Crippen molar-refractivity contribution in [2.24, 2.45) is 5.92 Å². The summed E-state index contributed by atoms with van der Waals surface area (Å²) < 4.78 is 10.7. The van der Waals surface area contributed by atoms with Crippen molar-refractivity contribution < 1.29 is 14.3 Å². The molecule has 1 unspecified atom stereocenters. The van der Waals surface area contributed by atoms with Crippen molar-refractivity contribution in [2.45, 2.75) is 38.0 Å². The average Bonchev–Trinajstić information content (AvgIpc) is 2.52. The number of benzene rings is 1. The van der Waals surface area contributed by atoms with E-state index in [9.17, 15) is 4.79 Å². The van der Waals surface area contributed by atoms with Crippen LogP contribution in [0.5, 0.6) is 5.75 Å². The van der Waals surface area contributed by atoms with Gasteiger partial charge >= 0.3 is 5.97 Å². The first-order valence-electron chi connectivity index (χ1n) is 7.70. The molecule has 23 heavy (non-hydrogen) atoms. The Kier molecular flexibility index (Phi) is 5.88. The fraction of sp³-hybridized carbons (Fsp3) is 0.444. The number of thioether (sulfide) groups is 1. The molecular formula is C18H23NO3S. The van der Waals surface area contributed by atoms with Gasteiger partial charge in [-0.25, -0.2) is 4.98 Å². The third-order valence-corrected chi connectivity index (χ3v) is 4.39. The molecule has 0 aliphatic heterocycles. The highest BCUT2D eigenvalue weighted by Gasteiger charge is 2.18. The molecule has 124 valence electrons. The number of carbonyl (C=O) groups is 1. The Morgan fingerprint density at radius 1 is 1.30 bits per heavy atom. The van der Waals surface area contributed by atoms with Crippen LogP contribution < -0.4 is 4.74 Å². The number of methoxy groups -OCH3 is 1. The Hall–Kier alpha value is -1.75. The van der Waals surface area contributed by atoms with E-state index in [0.717, 1.165) is 27.2 Å². The van der Waals surface area contributed by atoms with E-state index in [4.69, 9.17) is 9.47 Å². The maximum Gasteiger partial charge on any atom is 0.319 e. The lowest BCUT2D eigenvalue weighted by atomic mass is 10.1. The number of fused-ring (bicyclic) bond motifs is 1. The molecular weight excluding hydrogens is 310 g/mol. The number of ether oxygens (including phenoxy) is 2. The largest absolute Gasteiger partial charge is 0.494 e. The number of hydrogen-bond donors (Lipinski definition) is 0. The van der Waals surface area contributed by atoms with Crippen molar-refractivity contribution in [3.63, 3.8) is 0 Å². The molecule has 1 heterocycles. The number of esters is 1. The highest BCUT2D eigenvalue weighted by Crippen LogP contribution is 2.31. The SMILES string of the molecule is COc1cccc2c(C)cc(SC(C)C(=O)OCC(C)C)nc12. The molecule has 1 atom stereocenters. The van der Waals surface area contributed by atoms with E-state index < -0.39 is 0 Å². The maximum absolute atomic E-state index is 12.0. The first kappa shape index (κ1) is 17.6. The molecule has 0 bridgehead atoms. The molecule has 0 saturated carbocycles.